The molecule has 2 atom stereocenters. The molecule has 0 saturated heterocycles. The normalized spacial score (nSPS) is 22.8. The number of carbonyl (C=O) groups is 1. The summed E-state index contributed by atoms with van der Waals surface area (Å²) in [4.78, 5) is 15.4. The Morgan fingerprint density at radius 3 is 3.06 bits per heavy atom. The molecule has 0 aromatic carbocycles. The number of ether oxygens (including phenoxy) is 1. The minimum atomic E-state index is -0.395. The van der Waals surface area contributed by atoms with Gasteiger partial charge in [0.25, 0.3) is 0 Å². The average molecular weight is 248 g/mol. The fourth-order valence-corrected chi connectivity index (χ4v) is 2.53. The molecule has 4 heteroatoms. The van der Waals surface area contributed by atoms with Gasteiger partial charge in [-0.1, -0.05) is 19.8 Å². The van der Waals surface area contributed by atoms with Crippen LogP contribution in [0, 0.1) is 11.8 Å². The van der Waals surface area contributed by atoms with E-state index in [0.29, 0.717) is 5.69 Å². The molecule has 0 aliphatic heterocycles. The maximum atomic E-state index is 11.4. The molecule has 1 aliphatic carbocycles. The van der Waals surface area contributed by atoms with Gasteiger partial charge in [-0.15, -0.1) is 0 Å². The van der Waals surface area contributed by atoms with Crippen molar-refractivity contribution in [3.63, 3.8) is 0 Å². The van der Waals surface area contributed by atoms with Gasteiger partial charge >= 0.3 is 5.97 Å². The summed E-state index contributed by atoms with van der Waals surface area (Å²) in [5.41, 5.74) is 1.28. The van der Waals surface area contributed by atoms with Crippen molar-refractivity contribution in [3.05, 3.63) is 24.0 Å². The Hall–Kier alpha value is -1.58. The van der Waals surface area contributed by atoms with E-state index in [1.54, 1.807) is 12.3 Å². The van der Waals surface area contributed by atoms with Gasteiger partial charge in [0.15, 0.2) is 0 Å². The predicted molar refractivity (Wildman–Crippen MR) is 70.6 cm³/mol. The third-order valence-electron chi connectivity index (χ3n) is 3.76. The van der Waals surface area contributed by atoms with Gasteiger partial charge in [0.05, 0.1) is 7.11 Å². The second-order valence-corrected chi connectivity index (χ2v) is 4.97. The van der Waals surface area contributed by atoms with Crippen LogP contribution in [0.1, 0.15) is 36.7 Å². The van der Waals surface area contributed by atoms with Crippen LogP contribution in [-0.2, 0) is 4.74 Å². The lowest BCUT2D eigenvalue weighted by Crippen LogP contribution is -2.16. The topological polar surface area (TPSA) is 51.2 Å². The number of hydrogen-bond donors (Lipinski definition) is 1. The van der Waals surface area contributed by atoms with Crippen molar-refractivity contribution < 1.29 is 9.53 Å². The van der Waals surface area contributed by atoms with Gasteiger partial charge in [-0.25, -0.2) is 9.78 Å². The molecule has 1 fully saturated rings. The summed E-state index contributed by atoms with van der Waals surface area (Å²) >= 11 is 0. The lowest BCUT2D eigenvalue weighted by molar-refractivity contribution is 0.0594. The van der Waals surface area contributed by atoms with E-state index >= 15 is 0 Å². The van der Waals surface area contributed by atoms with Crippen LogP contribution in [0.2, 0.25) is 0 Å². The van der Waals surface area contributed by atoms with E-state index < -0.39 is 5.97 Å². The summed E-state index contributed by atoms with van der Waals surface area (Å²) in [7, 11) is 1.37. The van der Waals surface area contributed by atoms with E-state index in [4.69, 9.17) is 0 Å². The first kappa shape index (κ1) is 12.9. The number of anilines is 1. The summed E-state index contributed by atoms with van der Waals surface area (Å²) < 4.78 is 4.66. The van der Waals surface area contributed by atoms with Crippen LogP contribution >= 0.6 is 0 Å². The Kier molecular flexibility index (Phi) is 4.18. The molecule has 1 saturated carbocycles. The van der Waals surface area contributed by atoms with Crippen LogP contribution in [0.4, 0.5) is 5.69 Å². The lowest BCUT2D eigenvalue weighted by Gasteiger charge is -2.16. The number of hydrogen-bond acceptors (Lipinski definition) is 4. The highest BCUT2D eigenvalue weighted by Gasteiger charge is 2.22. The Morgan fingerprint density at radius 2 is 2.39 bits per heavy atom. The number of aromatic nitrogens is 1. The molecule has 1 heterocycles. The molecule has 1 N–H and O–H groups in total. The molecule has 2 rings (SSSR count). The summed E-state index contributed by atoms with van der Waals surface area (Å²) in [6.07, 6.45) is 5.59. The first-order chi connectivity index (χ1) is 8.70. The second-order valence-electron chi connectivity index (χ2n) is 4.97. The minimum Gasteiger partial charge on any atom is -0.464 e. The molecule has 0 bridgehead atoms. The van der Waals surface area contributed by atoms with Gasteiger partial charge in [0.1, 0.15) is 5.69 Å². The molecule has 0 spiro atoms. The summed E-state index contributed by atoms with van der Waals surface area (Å²) in [6.45, 7) is 3.28. The van der Waals surface area contributed by atoms with Crippen LogP contribution in [0.5, 0.6) is 0 Å². The molecule has 1 aromatic rings. The number of rotatable bonds is 4. The van der Waals surface area contributed by atoms with Gasteiger partial charge in [-0.2, -0.15) is 0 Å². The molecule has 4 nitrogen and oxygen atoms in total. The molecule has 18 heavy (non-hydrogen) atoms. The van der Waals surface area contributed by atoms with Crippen molar-refractivity contribution >= 4 is 11.7 Å². The molecule has 98 valence electrons. The first-order valence-electron chi connectivity index (χ1n) is 6.49. The molecule has 2 unspecified atom stereocenters. The molecule has 0 radical (unpaired) electrons. The van der Waals surface area contributed by atoms with Crippen molar-refractivity contribution in [1.82, 2.24) is 4.98 Å². The van der Waals surface area contributed by atoms with Gasteiger partial charge < -0.3 is 10.1 Å². The second kappa shape index (κ2) is 5.85. The average Bonchev–Trinajstić information content (AvgIpc) is 2.81. The Balaban J connectivity index is 1.95. The number of esters is 1. The summed E-state index contributed by atoms with van der Waals surface area (Å²) in [5.74, 6) is 1.13. The van der Waals surface area contributed by atoms with Gasteiger partial charge in [-0.3, -0.25) is 0 Å². The maximum Gasteiger partial charge on any atom is 0.356 e. The molecule has 1 aromatic heterocycles. The maximum absolute atomic E-state index is 11.4. The molecule has 0 amide bonds. The van der Waals surface area contributed by atoms with Gasteiger partial charge in [0, 0.05) is 18.4 Å². The standard InChI is InChI=1S/C14H20N2O2/c1-10-4-3-5-11(10)9-16-12-6-7-15-13(8-12)14(17)18-2/h6-8,10-11H,3-5,9H2,1-2H3,(H,15,16). The van der Waals surface area contributed by atoms with Crippen molar-refractivity contribution in [2.75, 3.05) is 19.0 Å². The van der Waals surface area contributed by atoms with E-state index in [1.165, 1.54) is 26.4 Å². The van der Waals surface area contributed by atoms with Crippen molar-refractivity contribution in [2.45, 2.75) is 26.2 Å². The van der Waals surface area contributed by atoms with Crippen LogP contribution in [0.15, 0.2) is 18.3 Å². The van der Waals surface area contributed by atoms with E-state index in [-0.39, 0.29) is 0 Å². The highest BCUT2D eigenvalue weighted by molar-refractivity contribution is 5.88. The lowest BCUT2D eigenvalue weighted by atomic mass is 9.98. The van der Waals surface area contributed by atoms with E-state index in [2.05, 4.69) is 22.0 Å². The largest absolute Gasteiger partial charge is 0.464 e. The highest BCUT2D eigenvalue weighted by atomic mass is 16.5. The van der Waals surface area contributed by atoms with Crippen LogP contribution in [0.25, 0.3) is 0 Å². The minimum absolute atomic E-state index is 0.349. The van der Waals surface area contributed by atoms with E-state index in [9.17, 15) is 4.79 Å². The monoisotopic (exact) mass is 248 g/mol. The van der Waals surface area contributed by atoms with Crippen LogP contribution < -0.4 is 5.32 Å². The molecular weight excluding hydrogens is 228 g/mol. The smallest absolute Gasteiger partial charge is 0.356 e. The fourth-order valence-electron chi connectivity index (χ4n) is 2.53. The Labute approximate surface area is 108 Å². The van der Waals surface area contributed by atoms with E-state index in [0.717, 1.165) is 24.1 Å². The zero-order valence-electron chi connectivity index (χ0n) is 11.0. The highest BCUT2D eigenvalue weighted by Crippen LogP contribution is 2.31. The van der Waals surface area contributed by atoms with Gasteiger partial charge in [0.2, 0.25) is 0 Å². The number of nitrogens with one attached hydrogen (secondary N) is 1. The Morgan fingerprint density at radius 1 is 1.56 bits per heavy atom. The number of methoxy groups -OCH3 is 1. The Bertz CT molecular complexity index is 420. The van der Waals surface area contributed by atoms with Crippen molar-refractivity contribution in [3.8, 4) is 0 Å². The van der Waals surface area contributed by atoms with Gasteiger partial charge in [-0.05, 0) is 30.4 Å². The van der Waals surface area contributed by atoms with Crippen LogP contribution in [0.3, 0.4) is 0 Å². The molecule has 1 aliphatic rings. The van der Waals surface area contributed by atoms with Crippen LogP contribution in [-0.4, -0.2) is 24.6 Å². The molecular formula is C14H20N2O2. The summed E-state index contributed by atoms with van der Waals surface area (Å²) in [5, 5.41) is 3.39. The van der Waals surface area contributed by atoms with E-state index in [1.807, 2.05) is 6.07 Å². The zero-order valence-corrected chi connectivity index (χ0v) is 11.0. The van der Waals surface area contributed by atoms with Crippen molar-refractivity contribution in [2.24, 2.45) is 11.8 Å². The summed E-state index contributed by atoms with van der Waals surface area (Å²) in [6, 6.07) is 3.62. The SMILES string of the molecule is COC(=O)c1cc(NCC2CCCC2C)ccn1. The number of carbonyl (C=O) groups excluding carboxylic acids is 1. The quantitative estimate of drug-likeness (QED) is 0.832. The zero-order chi connectivity index (χ0) is 13.0. The third kappa shape index (κ3) is 3.00. The first-order valence-corrected chi connectivity index (χ1v) is 6.49. The third-order valence-corrected chi connectivity index (χ3v) is 3.76. The fraction of sp³-hybridized carbons (Fsp3) is 0.571. The number of nitrogens with zero attached hydrogens (tertiary/aromatic N) is 1. The predicted octanol–water partition coefficient (Wildman–Crippen LogP) is 2.72. The van der Waals surface area contributed by atoms with Crippen molar-refractivity contribution in [1.29, 1.82) is 0 Å². The number of pyridine rings is 1.